The van der Waals surface area contributed by atoms with Gasteiger partial charge in [-0.2, -0.15) is 0 Å². The molecule has 2 amide bonds. The molecule has 3 fully saturated rings. The number of piperazine rings is 1. The summed E-state index contributed by atoms with van der Waals surface area (Å²) in [7, 11) is 0. The van der Waals surface area contributed by atoms with Crippen molar-refractivity contribution in [1.82, 2.24) is 9.80 Å². The summed E-state index contributed by atoms with van der Waals surface area (Å²) in [5.74, 6) is 1.18. The van der Waals surface area contributed by atoms with Crippen molar-refractivity contribution in [1.29, 1.82) is 0 Å². The third-order valence-corrected chi connectivity index (χ3v) is 6.64. The Morgan fingerprint density at radius 3 is 2.24 bits per heavy atom. The second kappa shape index (κ2) is 8.74. The standard InChI is InChI=1S/C23H33N3O3/c1-17(2)24-12-10-21(11-13-24)29-20-8-6-19(7-9-20)26-15-14-25(16-22(26)27)23(28)18-4-3-5-18/h6-9,17-18,21H,3-5,10-16H2,1-2H3. The molecule has 29 heavy (non-hydrogen) atoms. The van der Waals surface area contributed by atoms with Crippen LogP contribution in [0.3, 0.4) is 0 Å². The van der Waals surface area contributed by atoms with Crippen molar-refractivity contribution in [3.8, 4) is 5.75 Å². The van der Waals surface area contributed by atoms with Crippen molar-refractivity contribution in [3.63, 3.8) is 0 Å². The predicted molar refractivity (Wildman–Crippen MR) is 113 cm³/mol. The van der Waals surface area contributed by atoms with Crippen LogP contribution in [-0.4, -0.2) is 66.5 Å². The Bertz CT molecular complexity index is 721. The first-order valence-electron chi connectivity index (χ1n) is 11.1. The molecule has 0 N–H and O–H groups in total. The van der Waals surface area contributed by atoms with E-state index in [4.69, 9.17) is 4.74 Å². The second-order valence-electron chi connectivity index (χ2n) is 8.87. The van der Waals surface area contributed by atoms with Gasteiger partial charge in [0.05, 0.1) is 0 Å². The molecule has 2 heterocycles. The number of hydrogen-bond acceptors (Lipinski definition) is 4. The van der Waals surface area contributed by atoms with Crippen molar-refractivity contribution < 1.29 is 14.3 Å². The highest BCUT2D eigenvalue weighted by molar-refractivity contribution is 5.98. The maximum Gasteiger partial charge on any atom is 0.246 e. The Morgan fingerprint density at radius 1 is 1.00 bits per heavy atom. The molecule has 2 saturated heterocycles. The van der Waals surface area contributed by atoms with E-state index in [-0.39, 0.29) is 30.4 Å². The highest BCUT2D eigenvalue weighted by atomic mass is 16.5. The second-order valence-corrected chi connectivity index (χ2v) is 8.87. The van der Waals surface area contributed by atoms with Gasteiger partial charge in [0, 0.05) is 43.8 Å². The molecule has 2 aliphatic heterocycles. The molecule has 0 aromatic heterocycles. The number of rotatable bonds is 5. The summed E-state index contributed by atoms with van der Waals surface area (Å²) in [6, 6.07) is 8.43. The van der Waals surface area contributed by atoms with E-state index in [0.717, 1.165) is 56.6 Å². The van der Waals surface area contributed by atoms with E-state index in [2.05, 4.69) is 18.7 Å². The van der Waals surface area contributed by atoms with Gasteiger partial charge in [0.2, 0.25) is 11.8 Å². The Labute approximate surface area is 173 Å². The van der Waals surface area contributed by atoms with Crippen LogP contribution in [0.15, 0.2) is 24.3 Å². The minimum Gasteiger partial charge on any atom is -0.490 e. The fourth-order valence-corrected chi connectivity index (χ4v) is 4.45. The first-order valence-corrected chi connectivity index (χ1v) is 11.1. The smallest absolute Gasteiger partial charge is 0.246 e. The number of carbonyl (C=O) groups is 2. The molecular weight excluding hydrogens is 366 g/mol. The molecule has 1 aliphatic carbocycles. The highest BCUT2D eigenvalue weighted by Gasteiger charge is 2.34. The largest absolute Gasteiger partial charge is 0.490 e. The average molecular weight is 400 g/mol. The van der Waals surface area contributed by atoms with Gasteiger partial charge >= 0.3 is 0 Å². The van der Waals surface area contributed by atoms with Crippen LogP contribution in [0.1, 0.15) is 46.0 Å². The molecule has 6 nitrogen and oxygen atoms in total. The summed E-state index contributed by atoms with van der Waals surface area (Å²) < 4.78 is 6.16. The molecule has 3 aliphatic rings. The van der Waals surface area contributed by atoms with Crippen molar-refractivity contribution >= 4 is 17.5 Å². The van der Waals surface area contributed by atoms with Gasteiger partial charge < -0.3 is 19.4 Å². The number of nitrogens with zero attached hydrogens (tertiary/aromatic N) is 3. The van der Waals surface area contributed by atoms with Crippen LogP contribution in [0, 0.1) is 5.92 Å². The molecule has 4 rings (SSSR count). The minimum absolute atomic E-state index is 0.00125. The Hall–Kier alpha value is -2.08. The predicted octanol–water partition coefficient (Wildman–Crippen LogP) is 2.91. The van der Waals surface area contributed by atoms with E-state index in [1.807, 2.05) is 24.3 Å². The van der Waals surface area contributed by atoms with Crippen LogP contribution in [0.25, 0.3) is 0 Å². The van der Waals surface area contributed by atoms with Crippen LogP contribution in [0.5, 0.6) is 5.75 Å². The molecule has 1 aromatic rings. The maximum absolute atomic E-state index is 12.6. The topological polar surface area (TPSA) is 53.1 Å². The lowest BCUT2D eigenvalue weighted by Gasteiger charge is -2.37. The molecule has 6 heteroatoms. The van der Waals surface area contributed by atoms with Gasteiger partial charge in [0.1, 0.15) is 18.4 Å². The number of piperidine rings is 1. The number of anilines is 1. The highest BCUT2D eigenvalue weighted by Crippen LogP contribution is 2.29. The third-order valence-electron chi connectivity index (χ3n) is 6.64. The van der Waals surface area contributed by atoms with E-state index >= 15 is 0 Å². The van der Waals surface area contributed by atoms with Crippen LogP contribution in [0.2, 0.25) is 0 Å². The van der Waals surface area contributed by atoms with E-state index in [9.17, 15) is 9.59 Å². The summed E-state index contributed by atoms with van der Waals surface area (Å²) in [5.41, 5.74) is 0.882. The Morgan fingerprint density at radius 2 is 1.69 bits per heavy atom. The number of amides is 2. The van der Waals surface area contributed by atoms with E-state index < -0.39 is 0 Å². The third kappa shape index (κ3) is 4.58. The molecule has 0 radical (unpaired) electrons. The fraction of sp³-hybridized carbons (Fsp3) is 0.652. The van der Waals surface area contributed by atoms with Crippen LogP contribution < -0.4 is 9.64 Å². The normalized spacial score (nSPS) is 22.1. The summed E-state index contributed by atoms with van der Waals surface area (Å²) in [5, 5.41) is 0. The molecular formula is C23H33N3O3. The van der Waals surface area contributed by atoms with E-state index in [0.29, 0.717) is 19.1 Å². The van der Waals surface area contributed by atoms with E-state index in [1.165, 1.54) is 0 Å². The molecule has 1 saturated carbocycles. The maximum atomic E-state index is 12.6. The van der Waals surface area contributed by atoms with Crippen LogP contribution in [-0.2, 0) is 9.59 Å². The van der Waals surface area contributed by atoms with Gasteiger partial charge in [0.25, 0.3) is 0 Å². The quantitative estimate of drug-likeness (QED) is 0.764. The first-order chi connectivity index (χ1) is 14.0. The van der Waals surface area contributed by atoms with Crippen LogP contribution in [0.4, 0.5) is 5.69 Å². The summed E-state index contributed by atoms with van der Waals surface area (Å²) in [4.78, 5) is 31.0. The molecule has 0 unspecified atom stereocenters. The molecule has 0 bridgehead atoms. The lowest BCUT2D eigenvalue weighted by molar-refractivity contribution is -0.142. The zero-order chi connectivity index (χ0) is 20.4. The van der Waals surface area contributed by atoms with Gasteiger partial charge in [0.15, 0.2) is 0 Å². The van der Waals surface area contributed by atoms with Gasteiger partial charge in [-0.05, 0) is 63.8 Å². The number of likely N-dealkylation sites (tertiary alicyclic amines) is 1. The summed E-state index contributed by atoms with van der Waals surface area (Å²) in [6.07, 6.45) is 5.45. The number of ether oxygens (including phenoxy) is 1. The summed E-state index contributed by atoms with van der Waals surface area (Å²) >= 11 is 0. The van der Waals surface area contributed by atoms with Crippen LogP contribution >= 0.6 is 0 Å². The minimum atomic E-state index is -0.00125. The fourth-order valence-electron chi connectivity index (χ4n) is 4.45. The zero-order valence-electron chi connectivity index (χ0n) is 17.7. The number of benzene rings is 1. The number of carbonyl (C=O) groups excluding carboxylic acids is 2. The van der Waals surface area contributed by atoms with E-state index in [1.54, 1.807) is 9.80 Å². The summed E-state index contributed by atoms with van der Waals surface area (Å²) in [6.45, 7) is 8.02. The van der Waals surface area contributed by atoms with Gasteiger partial charge in [-0.25, -0.2) is 0 Å². The lowest BCUT2D eigenvalue weighted by atomic mass is 9.84. The monoisotopic (exact) mass is 399 g/mol. The van der Waals surface area contributed by atoms with Crippen molar-refractivity contribution in [3.05, 3.63) is 24.3 Å². The average Bonchev–Trinajstić information content (AvgIpc) is 2.68. The van der Waals surface area contributed by atoms with Crippen molar-refractivity contribution in [2.75, 3.05) is 37.6 Å². The SMILES string of the molecule is CC(C)N1CCC(Oc2ccc(N3CCN(C(=O)C4CCC4)CC3=O)cc2)CC1. The molecule has 158 valence electrons. The number of hydrogen-bond donors (Lipinski definition) is 0. The Balaban J connectivity index is 1.29. The van der Waals surface area contributed by atoms with Gasteiger partial charge in [-0.1, -0.05) is 6.42 Å². The van der Waals surface area contributed by atoms with Crippen molar-refractivity contribution in [2.45, 2.75) is 58.1 Å². The molecule has 0 spiro atoms. The first kappa shape index (κ1) is 20.2. The Kier molecular flexibility index (Phi) is 6.09. The molecule has 0 atom stereocenters. The van der Waals surface area contributed by atoms with Gasteiger partial charge in [-0.15, -0.1) is 0 Å². The van der Waals surface area contributed by atoms with Gasteiger partial charge in [-0.3, -0.25) is 9.59 Å². The zero-order valence-corrected chi connectivity index (χ0v) is 17.7. The molecule has 1 aromatic carbocycles. The van der Waals surface area contributed by atoms with Crippen molar-refractivity contribution in [2.24, 2.45) is 5.92 Å². The lowest BCUT2D eigenvalue weighted by Crippen LogP contribution is -2.54.